The van der Waals surface area contributed by atoms with Crippen molar-refractivity contribution in [3.63, 3.8) is 0 Å². The van der Waals surface area contributed by atoms with Crippen LogP contribution in [0.4, 0.5) is 0 Å². The van der Waals surface area contributed by atoms with Crippen LogP contribution in [0.3, 0.4) is 0 Å². The van der Waals surface area contributed by atoms with E-state index < -0.39 is 0 Å². The van der Waals surface area contributed by atoms with Gasteiger partial charge in [-0.3, -0.25) is 0 Å². The molecule has 15 heavy (non-hydrogen) atoms. The van der Waals surface area contributed by atoms with Crippen LogP contribution >= 0.6 is 0 Å². The Balaban J connectivity index is 1.92. The predicted molar refractivity (Wildman–Crippen MR) is 66.0 cm³/mol. The fourth-order valence-electron chi connectivity index (χ4n) is 3.09. The highest BCUT2D eigenvalue weighted by molar-refractivity contribution is 5.25. The van der Waals surface area contributed by atoms with Crippen molar-refractivity contribution in [1.82, 2.24) is 5.32 Å². The van der Waals surface area contributed by atoms with E-state index in [0.717, 1.165) is 6.04 Å². The lowest BCUT2D eigenvalue weighted by atomic mass is 9.82. The number of rotatable bonds is 4. The molecule has 1 aliphatic heterocycles. The number of hydrogen-bond acceptors (Lipinski definition) is 1. The molecule has 86 valence electrons. The lowest BCUT2D eigenvalue weighted by Crippen LogP contribution is -2.37. The summed E-state index contributed by atoms with van der Waals surface area (Å²) in [6.07, 6.45) is 12.5. The van der Waals surface area contributed by atoms with Crippen LogP contribution in [-0.4, -0.2) is 12.6 Å². The van der Waals surface area contributed by atoms with E-state index in [9.17, 15) is 0 Å². The molecule has 1 heteroatoms. The molecular formula is C14H25N. The molecule has 0 aromatic heterocycles. The summed E-state index contributed by atoms with van der Waals surface area (Å²) in [5, 5.41) is 3.72. The predicted octanol–water partition coefficient (Wildman–Crippen LogP) is 3.80. The molecule has 0 aromatic carbocycles. The van der Waals surface area contributed by atoms with Gasteiger partial charge in [-0.1, -0.05) is 37.3 Å². The van der Waals surface area contributed by atoms with Crippen LogP contribution in [0.5, 0.6) is 0 Å². The van der Waals surface area contributed by atoms with Gasteiger partial charge >= 0.3 is 0 Å². The zero-order valence-corrected chi connectivity index (χ0v) is 10.1. The van der Waals surface area contributed by atoms with Crippen molar-refractivity contribution >= 4 is 0 Å². The van der Waals surface area contributed by atoms with Gasteiger partial charge in [0.05, 0.1) is 0 Å². The molecule has 0 saturated carbocycles. The average molecular weight is 207 g/mol. The zero-order valence-electron chi connectivity index (χ0n) is 10.1. The Hall–Kier alpha value is -0.300. The van der Waals surface area contributed by atoms with Crippen LogP contribution in [-0.2, 0) is 0 Å². The Morgan fingerprint density at radius 3 is 2.87 bits per heavy atom. The fraction of sp³-hybridized carbons (Fsp3) is 0.857. The Morgan fingerprint density at radius 1 is 1.13 bits per heavy atom. The number of nitrogens with one attached hydrogen (secondary N) is 1. The summed E-state index contributed by atoms with van der Waals surface area (Å²) in [6.45, 7) is 3.52. The van der Waals surface area contributed by atoms with E-state index in [4.69, 9.17) is 0 Å². The van der Waals surface area contributed by atoms with Crippen molar-refractivity contribution in [2.75, 3.05) is 6.54 Å². The van der Waals surface area contributed by atoms with E-state index in [1.807, 2.05) is 11.1 Å². The van der Waals surface area contributed by atoms with Crippen molar-refractivity contribution < 1.29 is 0 Å². The average Bonchev–Trinajstić information content (AvgIpc) is 2.30. The first-order valence-electron chi connectivity index (χ1n) is 6.86. The van der Waals surface area contributed by atoms with Gasteiger partial charge in [0.15, 0.2) is 0 Å². The van der Waals surface area contributed by atoms with Gasteiger partial charge in [0, 0.05) is 6.04 Å². The first-order valence-corrected chi connectivity index (χ1v) is 6.86. The van der Waals surface area contributed by atoms with Gasteiger partial charge in [0.2, 0.25) is 0 Å². The maximum atomic E-state index is 3.72. The molecule has 1 nitrogen and oxygen atoms in total. The normalized spacial score (nSPS) is 26.6. The smallest absolute Gasteiger partial charge is 0.0282 e. The second kappa shape index (κ2) is 5.69. The van der Waals surface area contributed by atoms with Gasteiger partial charge in [-0.25, -0.2) is 0 Å². The molecule has 2 rings (SSSR count). The third-order valence-electron chi connectivity index (χ3n) is 3.96. The molecule has 2 aliphatic rings. The Bertz CT molecular complexity index is 225. The molecule has 0 aromatic rings. The maximum Gasteiger partial charge on any atom is 0.0282 e. The summed E-state index contributed by atoms with van der Waals surface area (Å²) in [5.41, 5.74) is 3.63. The van der Waals surface area contributed by atoms with Gasteiger partial charge in [0.25, 0.3) is 0 Å². The highest BCUT2D eigenvalue weighted by Crippen LogP contribution is 2.32. The summed E-state index contributed by atoms with van der Waals surface area (Å²) < 4.78 is 0. The molecule has 1 atom stereocenters. The van der Waals surface area contributed by atoms with Crippen LogP contribution in [0.2, 0.25) is 0 Å². The third-order valence-corrected chi connectivity index (χ3v) is 3.96. The summed E-state index contributed by atoms with van der Waals surface area (Å²) in [7, 11) is 0. The first-order chi connectivity index (χ1) is 7.42. The second-order valence-electron chi connectivity index (χ2n) is 5.09. The highest BCUT2D eigenvalue weighted by Gasteiger charge is 2.23. The summed E-state index contributed by atoms with van der Waals surface area (Å²) >= 11 is 0. The molecule has 1 aliphatic carbocycles. The second-order valence-corrected chi connectivity index (χ2v) is 5.09. The standard InChI is InChI=1S/C14H25N/c1-2-3-4-9-14-13-8-6-5-7-12(13)10-11-15-14/h14-15H,2-11H2,1H3. The molecular weight excluding hydrogens is 182 g/mol. The van der Waals surface area contributed by atoms with Gasteiger partial charge < -0.3 is 5.32 Å². The topological polar surface area (TPSA) is 12.0 Å². The Kier molecular flexibility index (Phi) is 4.25. The molecule has 0 radical (unpaired) electrons. The molecule has 0 saturated heterocycles. The zero-order chi connectivity index (χ0) is 10.5. The van der Waals surface area contributed by atoms with E-state index in [1.54, 1.807) is 0 Å². The minimum atomic E-state index is 0.751. The summed E-state index contributed by atoms with van der Waals surface area (Å²) in [5.74, 6) is 0. The van der Waals surface area contributed by atoms with Gasteiger partial charge in [0.1, 0.15) is 0 Å². The van der Waals surface area contributed by atoms with Crippen LogP contribution in [0.25, 0.3) is 0 Å². The molecule has 0 amide bonds. The fourth-order valence-corrected chi connectivity index (χ4v) is 3.09. The third kappa shape index (κ3) is 2.84. The Labute approximate surface area is 94.3 Å². The monoisotopic (exact) mass is 207 g/mol. The van der Waals surface area contributed by atoms with E-state index in [1.165, 1.54) is 64.3 Å². The Morgan fingerprint density at radius 2 is 2.00 bits per heavy atom. The molecule has 0 spiro atoms. The van der Waals surface area contributed by atoms with Crippen LogP contribution in [0, 0.1) is 0 Å². The number of hydrogen-bond donors (Lipinski definition) is 1. The minimum Gasteiger partial charge on any atom is -0.310 e. The van der Waals surface area contributed by atoms with Crippen molar-refractivity contribution in [2.24, 2.45) is 0 Å². The van der Waals surface area contributed by atoms with E-state index in [-0.39, 0.29) is 0 Å². The molecule has 0 bridgehead atoms. The number of unbranched alkanes of at least 4 members (excludes halogenated alkanes) is 2. The van der Waals surface area contributed by atoms with Crippen molar-refractivity contribution in [3.8, 4) is 0 Å². The van der Waals surface area contributed by atoms with E-state index >= 15 is 0 Å². The molecule has 1 heterocycles. The van der Waals surface area contributed by atoms with Gasteiger partial charge in [-0.15, -0.1) is 0 Å². The van der Waals surface area contributed by atoms with Crippen molar-refractivity contribution in [2.45, 2.75) is 70.8 Å². The molecule has 0 fully saturated rings. The van der Waals surface area contributed by atoms with E-state index in [0.29, 0.717) is 0 Å². The van der Waals surface area contributed by atoms with Crippen LogP contribution in [0.15, 0.2) is 11.1 Å². The van der Waals surface area contributed by atoms with Crippen LogP contribution < -0.4 is 5.32 Å². The lowest BCUT2D eigenvalue weighted by Gasteiger charge is -2.33. The maximum absolute atomic E-state index is 3.72. The first kappa shape index (κ1) is 11.2. The highest BCUT2D eigenvalue weighted by atomic mass is 14.9. The van der Waals surface area contributed by atoms with Crippen molar-refractivity contribution in [1.29, 1.82) is 0 Å². The van der Waals surface area contributed by atoms with Crippen molar-refractivity contribution in [3.05, 3.63) is 11.1 Å². The molecule has 1 unspecified atom stereocenters. The van der Waals surface area contributed by atoms with Crippen LogP contribution in [0.1, 0.15) is 64.7 Å². The largest absolute Gasteiger partial charge is 0.310 e. The molecule has 1 N–H and O–H groups in total. The quantitative estimate of drug-likeness (QED) is 0.546. The SMILES string of the molecule is CCCCCC1NCCC2=C1CCCC2. The summed E-state index contributed by atoms with van der Waals surface area (Å²) in [6, 6.07) is 0.751. The minimum absolute atomic E-state index is 0.751. The summed E-state index contributed by atoms with van der Waals surface area (Å²) in [4.78, 5) is 0. The van der Waals surface area contributed by atoms with Gasteiger partial charge in [-0.2, -0.15) is 0 Å². The van der Waals surface area contributed by atoms with E-state index in [2.05, 4.69) is 12.2 Å². The lowest BCUT2D eigenvalue weighted by molar-refractivity contribution is 0.443. The van der Waals surface area contributed by atoms with Gasteiger partial charge in [-0.05, 0) is 45.1 Å².